The number of anilines is 1. The number of aryl methyl sites for hydroxylation is 1. The van der Waals surface area contributed by atoms with Gasteiger partial charge in [-0.1, -0.05) is 0 Å². The molecule has 2 amide bonds. The quantitative estimate of drug-likeness (QED) is 0.257. The van der Waals surface area contributed by atoms with Crippen molar-refractivity contribution in [1.29, 1.82) is 0 Å². The van der Waals surface area contributed by atoms with Gasteiger partial charge in [-0.05, 0) is 51.3 Å². The predicted octanol–water partition coefficient (Wildman–Crippen LogP) is 5.90. The zero-order chi connectivity index (χ0) is 30.0. The fourth-order valence-corrected chi connectivity index (χ4v) is 5.67. The fraction of sp³-hybridized carbons (Fsp3) is 0.400. The number of pyridine rings is 1. The summed E-state index contributed by atoms with van der Waals surface area (Å²) in [6.07, 6.45) is -6.92. The van der Waals surface area contributed by atoms with Crippen LogP contribution in [0.2, 0.25) is 0 Å². The number of primary amides is 1. The Morgan fingerprint density at radius 3 is 2.32 bits per heavy atom. The number of hydrogen-bond donors (Lipinski definition) is 2. The zero-order valence-corrected chi connectivity index (χ0v) is 22.6. The van der Waals surface area contributed by atoms with Crippen molar-refractivity contribution >= 4 is 39.1 Å². The maximum absolute atomic E-state index is 13.8. The summed E-state index contributed by atoms with van der Waals surface area (Å²) in [5.41, 5.74) is 4.06. The lowest BCUT2D eigenvalue weighted by atomic mass is 10.0. The summed E-state index contributed by atoms with van der Waals surface area (Å²) in [6.45, 7) is 5.22. The molecule has 0 aromatic carbocycles. The highest BCUT2D eigenvalue weighted by molar-refractivity contribution is 7.21. The van der Waals surface area contributed by atoms with E-state index >= 15 is 0 Å². The van der Waals surface area contributed by atoms with Gasteiger partial charge < -0.3 is 11.1 Å². The predicted molar refractivity (Wildman–Crippen MR) is 137 cm³/mol. The summed E-state index contributed by atoms with van der Waals surface area (Å²) in [4.78, 5) is 29.1. The van der Waals surface area contributed by atoms with Crippen molar-refractivity contribution in [3.63, 3.8) is 0 Å². The number of amides is 2. The molecule has 1 saturated carbocycles. The lowest BCUT2D eigenvalue weighted by Gasteiger charge is -2.17. The number of thiophene rings is 1. The van der Waals surface area contributed by atoms with Gasteiger partial charge in [-0.3, -0.25) is 19.0 Å². The molecule has 0 radical (unpaired) electrons. The number of carbonyl (C=O) groups is 2. The van der Waals surface area contributed by atoms with E-state index in [1.165, 1.54) is 13.1 Å². The Kier molecular flexibility index (Phi) is 6.87. The molecule has 16 heteroatoms. The molecular formula is C25H23F6N7O2S. The number of halogens is 6. The van der Waals surface area contributed by atoms with Crippen LogP contribution in [0.3, 0.4) is 0 Å². The SMILES string of the molecule is CCn1ncc(-c2cc(C(F)(F)F)nc3sc(C(N)=O)c(NC(=O)C(C)n4nc(C(F)(F)F)cc4C4CC4)c23)c1C. The van der Waals surface area contributed by atoms with Crippen LogP contribution in [-0.4, -0.2) is 36.4 Å². The van der Waals surface area contributed by atoms with Gasteiger partial charge in [0, 0.05) is 34.8 Å². The number of hydrogen-bond acceptors (Lipinski definition) is 6. The van der Waals surface area contributed by atoms with Crippen molar-refractivity contribution in [2.24, 2.45) is 5.73 Å². The molecule has 1 atom stereocenters. The van der Waals surface area contributed by atoms with Crippen LogP contribution in [-0.2, 0) is 23.7 Å². The minimum atomic E-state index is -4.83. The molecule has 0 aliphatic heterocycles. The molecule has 4 aromatic heterocycles. The molecule has 0 saturated heterocycles. The first kappa shape index (κ1) is 28.6. The van der Waals surface area contributed by atoms with Crippen LogP contribution in [0, 0.1) is 6.92 Å². The third-order valence-corrected chi connectivity index (χ3v) is 8.01. The minimum Gasteiger partial charge on any atom is -0.365 e. The number of alkyl halides is 6. The van der Waals surface area contributed by atoms with Crippen molar-refractivity contribution in [2.75, 3.05) is 5.32 Å². The van der Waals surface area contributed by atoms with Crippen molar-refractivity contribution in [3.05, 3.63) is 46.0 Å². The van der Waals surface area contributed by atoms with Crippen molar-refractivity contribution in [2.45, 2.75) is 64.5 Å². The number of aromatic nitrogens is 5. The topological polar surface area (TPSA) is 121 Å². The zero-order valence-electron chi connectivity index (χ0n) is 21.8. The minimum absolute atomic E-state index is 0.00310. The van der Waals surface area contributed by atoms with E-state index in [0.29, 0.717) is 42.0 Å². The summed E-state index contributed by atoms with van der Waals surface area (Å²) in [5, 5.41) is 10.4. The molecule has 9 nitrogen and oxygen atoms in total. The van der Waals surface area contributed by atoms with E-state index in [1.54, 1.807) is 18.5 Å². The molecule has 5 rings (SSSR count). The highest BCUT2D eigenvalue weighted by Gasteiger charge is 2.40. The van der Waals surface area contributed by atoms with E-state index in [1.807, 2.05) is 0 Å². The Morgan fingerprint density at radius 2 is 1.78 bits per heavy atom. The summed E-state index contributed by atoms with van der Waals surface area (Å²) in [7, 11) is 0. The monoisotopic (exact) mass is 599 g/mol. The van der Waals surface area contributed by atoms with Gasteiger partial charge in [-0.2, -0.15) is 36.5 Å². The second kappa shape index (κ2) is 9.85. The average Bonchev–Trinajstić information content (AvgIpc) is 3.34. The first-order chi connectivity index (χ1) is 19.1. The van der Waals surface area contributed by atoms with E-state index in [-0.39, 0.29) is 38.0 Å². The summed E-state index contributed by atoms with van der Waals surface area (Å²) < 4.78 is 84.2. The van der Waals surface area contributed by atoms with Crippen LogP contribution < -0.4 is 11.1 Å². The van der Waals surface area contributed by atoms with Gasteiger partial charge >= 0.3 is 12.4 Å². The highest BCUT2D eigenvalue weighted by Crippen LogP contribution is 2.45. The molecule has 4 aromatic rings. The van der Waals surface area contributed by atoms with Gasteiger partial charge in [0.2, 0.25) is 5.91 Å². The van der Waals surface area contributed by atoms with Crippen LogP contribution in [0.15, 0.2) is 18.3 Å². The molecular weight excluding hydrogens is 576 g/mol. The number of fused-ring (bicyclic) bond motifs is 1. The Hall–Kier alpha value is -3.95. The first-order valence-electron chi connectivity index (χ1n) is 12.5. The van der Waals surface area contributed by atoms with Gasteiger partial charge in [-0.15, -0.1) is 11.3 Å². The number of rotatable bonds is 7. The Balaban J connectivity index is 1.66. The Morgan fingerprint density at radius 1 is 1.12 bits per heavy atom. The molecule has 1 aliphatic carbocycles. The van der Waals surface area contributed by atoms with E-state index in [0.717, 1.165) is 16.8 Å². The van der Waals surface area contributed by atoms with Crippen LogP contribution >= 0.6 is 11.3 Å². The molecule has 0 spiro atoms. The molecule has 1 unspecified atom stereocenters. The molecule has 1 fully saturated rings. The van der Waals surface area contributed by atoms with E-state index in [4.69, 9.17) is 5.73 Å². The molecule has 218 valence electrons. The molecule has 3 N–H and O–H groups in total. The van der Waals surface area contributed by atoms with Gasteiger partial charge in [0.15, 0.2) is 5.69 Å². The van der Waals surface area contributed by atoms with Gasteiger partial charge in [0.05, 0.1) is 11.9 Å². The first-order valence-corrected chi connectivity index (χ1v) is 13.3. The Labute approximate surface area is 232 Å². The number of carbonyl (C=O) groups excluding carboxylic acids is 2. The van der Waals surface area contributed by atoms with Crippen molar-refractivity contribution in [3.8, 4) is 11.1 Å². The molecule has 1 aliphatic rings. The second-order valence-corrected chi connectivity index (χ2v) is 10.7. The van der Waals surface area contributed by atoms with Crippen LogP contribution in [0.1, 0.15) is 71.1 Å². The lowest BCUT2D eigenvalue weighted by molar-refractivity contribution is -0.142. The average molecular weight is 600 g/mol. The maximum atomic E-state index is 13.8. The fourth-order valence-electron chi connectivity index (χ4n) is 4.66. The van der Waals surface area contributed by atoms with E-state index in [2.05, 4.69) is 20.5 Å². The third-order valence-electron chi connectivity index (χ3n) is 6.91. The standard InChI is InChI=1S/C25H23F6N7O2S/c1-4-37-10(2)14(9-33-37)13-7-16(24(26,27)28)34-23-18(13)19(20(41-23)21(32)39)35-22(40)11(3)38-15(12-5-6-12)8-17(36-38)25(29,30)31/h7-9,11-12H,4-6H2,1-3H3,(H2,32,39)(H,35,40). The van der Waals surface area contributed by atoms with Crippen molar-refractivity contribution in [1.82, 2.24) is 24.5 Å². The highest BCUT2D eigenvalue weighted by atomic mass is 32.1. The smallest absolute Gasteiger partial charge is 0.365 e. The third kappa shape index (κ3) is 5.15. The number of nitrogens with zero attached hydrogens (tertiary/aromatic N) is 5. The molecule has 41 heavy (non-hydrogen) atoms. The number of nitrogens with one attached hydrogen (secondary N) is 1. The molecule has 0 bridgehead atoms. The van der Waals surface area contributed by atoms with Crippen LogP contribution in [0.25, 0.3) is 21.3 Å². The van der Waals surface area contributed by atoms with Gasteiger partial charge in [-0.25, -0.2) is 4.98 Å². The largest absolute Gasteiger partial charge is 0.435 e. The molecule has 4 heterocycles. The van der Waals surface area contributed by atoms with Crippen molar-refractivity contribution < 1.29 is 35.9 Å². The summed E-state index contributed by atoms with van der Waals surface area (Å²) in [5.74, 6) is -2.07. The normalized spacial score (nSPS) is 15.0. The summed E-state index contributed by atoms with van der Waals surface area (Å²) >= 11 is 0.566. The van der Waals surface area contributed by atoms with Crippen LogP contribution in [0.4, 0.5) is 32.0 Å². The van der Waals surface area contributed by atoms with E-state index < -0.39 is 41.6 Å². The van der Waals surface area contributed by atoms with Gasteiger partial charge in [0.1, 0.15) is 21.4 Å². The van der Waals surface area contributed by atoms with Crippen LogP contribution in [0.5, 0.6) is 0 Å². The maximum Gasteiger partial charge on any atom is 0.435 e. The van der Waals surface area contributed by atoms with Gasteiger partial charge in [0.25, 0.3) is 5.91 Å². The van der Waals surface area contributed by atoms with E-state index in [9.17, 15) is 35.9 Å². The summed E-state index contributed by atoms with van der Waals surface area (Å²) in [6, 6.07) is 0.440. The lowest BCUT2D eigenvalue weighted by Crippen LogP contribution is -2.27. The Bertz CT molecular complexity index is 1680. The second-order valence-electron chi connectivity index (χ2n) is 9.70. The number of nitrogens with two attached hydrogens (primary N) is 1.